The highest BCUT2D eigenvalue weighted by Crippen LogP contribution is 2.24. The van der Waals surface area contributed by atoms with Gasteiger partial charge in [0.1, 0.15) is 23.3 Å². The normalized spacial score (nSPS) is 14.4. The van der Waals surface area contributed by atoms with Crippen LogP contribution in [0.25, 0.3) is 11.0 Å². The Kier molecular flexibility index (Phi) is 6.49. The number of ether oxygens (including phenoxy) is 3. The smallest absolute Gasteiger partial charge is 0.251 e. The predicted octanol–water partition coefficient (Wildman–Crippen LogP) is 2.66. The summed E-state index contributed by atoms with van der Waals surface area (Å²) in [7, 11) is 1.55. The van der Waals surface area contributed by atoms with Gasteiger partial charge in [-0.15, -0.1) is 0 Å². The molecule has 1 N–H and O–H groups in total. The fraction of sp³-hybridized carbons (Fsp3) is 0.304. The second-order valence-electron chi connectivity index (χ2n) is 7.13. The maximum Gasteiger partial charge on any atom is 0.251 e. The molecular weight excluding hydrogens is 400 g/mol. The minimum Gasteiger partial charge on any atom is -0.497 e. The maximum absolute atomic E-state index is 12.7. The molecule has 0 unspecified atom stereocenters. The molecule has 0 bridgehead atoms. The zero-order valence-corrected chi connectivity index (χ0v) is 17.3. The first-order chi connectivity index (χ1) is 15.1. The zero-order valence-electron chi connectivity index (χ0n) is 17.3. The van der Waals surface area contributed by atoms with Crippen LogP contribution in [0.5, 0.6) is 17.2 Å². The Morgan fingerprint density at radius 2 is 1.84 bits per heavy atom. The number of carbonyl (C=O) groups excluding carboxylic acids is 1. The van der Waals surface area contributed by atoms with Crippen molar-refractivity contribution in [1.82, 2.24) is 10.2 Å². The fourth-order valence-electron chi connectivity index (χ4n) is 3.34. The molecular formula is C23H24N2O6. The van der Waals surface area contributed by atoms with Gasteiger partial charge in [-0.1, -0.05) is 0 Å². The lowest BCUT2D eigenvalue weighted by Gasteiger charge is -2.26. The summed E-state index contributed by atoms with van der Waals surface area (Å²) in [4.78, 5) is 27.2. The predicted molar refractivity (Wildman–Crippen MR) is 115 cm³/mol. The summed E-state index contributed by atoms with van der Waals surface area (Å²) in [6, 6.07) is 11.6. The van der Waals surface area contributed by atoms with Crippen molar-refractivity contribution in [3.63, 3.8) is 0 Å². The van der Waals surface area contributed by atoms with E-state index in [0.29, 0.717) is 34.6 Å². The SMILES string of the molecule is COc1ccc2c(=O)c(Oc3ccc(C(=O)NCCN4CCOCC4)cc3)coc2c1. The number of benzene rings is 2. The molecule has 0 saturated carbocycles. The van der Waals surface area contributed by atoms with Crippen molar-refractivity contribution in [2.24, 2.45) is 0 Å². The molecule has 4 rings (SSSR count). The highest BCUT2D eigenvalue weighted by molar-refractivity contribution is 5.94. The summed E-state index contributed by atoms with van der Waals surface area (Å²) < 4.78 is 21.7. The van der Waals surface area contributed by atoms with Crippen molar-refractivity contribution < 1.29 is 23.4 Å². The van der Waals surface area contributed by atoms with E-state index in [-0.39, 0.29) is 17.1 Å². The third-order valence-corrected chi connectivity index (χ3v) is 5.11. The Hall–Kier alpha value is -3.36. The van der Waals surface area contributed by atoms with Crippen molar-refractivity contribution in [1.29, 1.82) is 0 Å². The van der Waals surface area contributed by atoms with Gasteiger partial charge in [-0.2, -0.15) is 0 Å². The Bertz CT molecular complexity index is 1100. The number of rotatable bonds is 7. The van der Waals surface area contributed by atoms with Crippen molar-refractivity contribution in [3.8, 4) is 17.2 Å². The number of fused-ring (bicyclic) bond motifs is 1. The van der Waals surface area contributed by atoms with Gasteiger partial charge in [0, 0.05) is 37.8 Å². The van der Waals surface area contributed by atoms with Crippen LogP contribution in [-0.2, 0) is 4.74 Å². The number of nitrogens with zero attached hydrogens (tertiary/aromatic N) is 1. The van der Waals surface area contributed by atoms with E-state index in [1.54, 1.807) is 49.6 Å². The van der Waals surface area contributed by atoms with Crippen molar-refractivity contribution in [3.05, 3.63) is 64.5 Å². The first-order valence-electron chi connectivity index (χ1n) is 10.1. The molecule has 1 amide bonds. The summed E-state index contributed by atoms with van der Waals surface area (Å²) in [5, 5.41) is 3.31. The van der Waals surface area contributed by atoms with E-state index in [2.05, 4.69) is 10.2 Å². The standard InChI is InChI=1S/C23H24N2O6/c1-28-18-6-7-19-20(14-18)30-15-21(22(19)26)31-17-4-2-16(3-5-17)23(27)24-8-9-25-10-12-29-13-11-25/h2-7,14-15H,8-13H2,1H3,(H,24,27). The number of nitrogens with one attached hydrogen (secondary N) is 1. The van der Waals surface area contributed by atoms with Crippen LogP contribution in [0.15, 0.2) is 57.9 Å². The quantitative estimate of drug-likeness (QED) is 0.624. The summed E-state index contributed by atoms with van der Waals surface area (Å²) in [6.45, 7) is 4.61. The van der Waals surface area contributed by atoms with E-state index in [1.807, 2.05) is 0 Å². The fourth-order valence-corrected chi connectivity index (χ4v) is 3.34. The van der Waals surface area contributed by atoms with Gasteiger partial charge >= 0.3 is 0 Å². The van der Waals surface area contributed by atoms with Crippen molar-refractivity contribution in [2.45, 2.75) is 0 Å². The molecule has 1 saturated heterocycles. The molecule has 0 atom stereocenters. The second-order valence-corrected chi connectivity index (χ2v) is 7.13. The van der Waals surface area contributed by atoms with Crippen LogP contribution in [0, 0.1) is 0 Å². The average molecular weight is 424 g/mol. The van der Waals surface area contributed by atoms with Gasteiger partial charge in [0.2, 0.25) is 11.2 Å². The van der Waals surface area contributed by atoms with E-state index in [1.165, 1.54) is 6.26 Å². The van der Waals surface area contributed by atoms with Crippen LogP contribution in [0.3, 0.4) is 0 Å². The molecule has 1 aliphatic heterocycles. The van der Waals surface area contributed by atoms with E-state index in [0.717, 1.165) is 32.8 Å². The minimum absolute atomic E-state index is 0.0698. The van der Waals surface area contributed by atoms with Gasteiger partial charge in [0.25, 0.3) is 5.91 Å². The lowest BCUT2D eigenvalue weighted by molar-refractivity contribution is 0.0383. The molecule has 1 aliphatic rings. The zero-order chi connectivity index (χ0) is 21.6. The van der Waals surface area contributed by atoms with Gasteiger partial charge in [-0.25, -0.2) is 0 Å². The first kappa shape index (κ1) is 20.9. The Morgan fingerprint density at radius 1 is 1.10 bits per heavy atom. The van der Waals surface area contributed by atoms with E-state index >= 15 is 0 Å². The van der Waals surface area contributed by atoms with Crippen LogP contribution in [0.2, 0.25) is 0 Å². The third kappa shape index (κ3) is 5.04. The second kappa shape index (κ2) is 9.63. The summed E-state index contributed by atoms with van der Waals surface area (Å²) in [5.74, 6) is 0.951. The van der Waals surface area contributed by atoms with Gasteiger partial charge in [0.15, 0.2) is 0 Å². The van der Waals surface area contributed by atoms with Crippen molar-refractivity contribution >= 4 is 16.9 Å². The minimum atomic E-state index is -0.283. The third-order valence-electron chi connectivity index (χ3n) is 5.11. The molecule has 0 spiro atoms. The first-order valence-corrected chi connectivity index (χ1v) is 10.1. The number of hydrogen-bond acceptors (Lipinski definition) is 7. The number of methoxy groups -OCH3 is 1. The summed E-state index contributed by atoms with van der Waals surface area (Å²) >= 11 is 0. The molecule has 1 aromatic heterocycles. The largest absolute Gasteiger partial charge is 0.497 e. The number of morpholine rings is 1. The van der Waals surface area contributed by atoms with E-state index in [4.69, 9.17) is 18.6 Å². The lowest BCUT2D eigenvalue weighted by atomic mass is 10.2. The maximum atomic E-state index is 12.7. The van der Waals surface area contributed by atoms with Crippen LogP contribution in [0.4, 0.5) is 0 Å². The van der Waals surface area contributed by atoms with Gasteiger partial charge in [-0.05, 0) is 36.4 Å². The molecule has 2 aromatic carbocycles. The molecule has 31 heavy (non-hydrogen) atoms. The Balaban J connectivity index is 1.37. The lowest BCUT2D eigenvalue weighted by Crippen LogP contribution is -2.41. The van der Waals surface area contributed by atoms with Gasteiger partial charge in [-0.3, -0.25) is 14.5 Å². The number of carbonyl (C=O) groups is 1. The van der Waals surface area contributed by atoms with E-state index < -0.39 is 0 Å². The molecule has 2 heterocycles. The number of amides is 1. The average Bonchev–Trinajstić information content (AvgIpc) is 2.81. The molecule has 0 aliphatic carbocycles. The summed E-state index contributed by atoms with van der Waals surface area (Å²) in [6.07, 6.45) is 1.27. The molecule has 8 nitrogen and oxygen atoms in total. The number of hydrogen-bond donors (Lipinski definition) is 1. The highest BCUT2D eigenvalue weighted by Gasteiger charge is 2.13. The molecule has 8 heteroatoms. The molecule has 1 fully saturated rings. The van der Waals surface area contributed by atoms with E-state index in [9.17, 15) is 9.59 Å². The monoisotopic (exact) mass is 424 g/mol. The van der Waals surface area contributed by atoms with Gasteiger partial charge < -0.3 is 23.9 Å². The van der Waals surface area contributed by atoms with Crippen LogP contribution in [0.1, 0.15) is 10.4 Å². The topological polar surface area (TPSA) is 90.2 Å². The van der Waals surface area contributed by atoms with Crippen LogP contribution < -0.4 is 20.2 Å². The summed E-state index contributed by atoms with van der Waals surface area (Å²) in [5.41, 5.74) is 0.654. The van der Waals surface area contributed by atoms with Gasteiger partial charge in [0.05, 0.1) is 25.7 Å². The Morgan fingerprint density at radius 3 is 2.58 bits per heavy atom. The Labute approximate surface area is 179 Å². The van der Waals surface area contributed by atoms with Crippen LogP contribution >= 0.6 is 0 Å². The highest BCUT2D eigenvalue weighted by atomic mass is 16.5. The molecule has 0 radical (unpaired) electrons. The molecule has 3 aromatic rings. The van der Waals surface area contributed by atoms with Crippen molar-refractivity contribution in [2.75, 3.05) is 46.5 Å². The van der Waals surface area contributed by atoms with Crippen LogP contribution in [-0.4, -0.2) is 57.3 Å². The molecule has 162 valence electrons.